The number of aryl methyl sites for hydroxylation is 1. The van der Waals surface area contributed by atoms with Crippen molar-refractivity contribution in [1.29, 1.82) is 0 Å². The molecule has 1 aromatic rings. The maximum atomic E-state index is 9.41. The van der Waals surface area contributed by atoms with Gasteiger partial charge in [0.05, 0.1) is 13.2 Å². The van der Waals surface area contributed by atoms with Crippen molar-refractivity contribution in [3.63, 3.8) is 0 Å². The van der Waals surface area contributed by atoms with E-state index in [2.05, 4.69) is 20.8 Å². The van der Waals surface area contributed by atoms with Gasteiger partial charge in [-0.1, -0.05) is 52.2 Å². The van der Waals surface area contributed by atoms with Crippen LogP contribution >= 0.6 is 0 Å². The van der Waals surface area contributed by atoms with Gasteiger partial charge in [0.25, 0.3) is 0 Å². The fraction of sp³-hybridized carbons (Fsp3) is 0.619. The standard InChI is InChI=1S/C21H34O2/c1-6-8-19-14-20(15-22)18(5)13-21(19)23-12-11-17(4)10-7-9-16(2)3/h6,8,13-14,16-17,22H,7,9-12,15H2,1-5H3/b8-6+. The van der Waals surface area contributed by atoms with Crippen molar-refractivity contribution in [2.45, 2.75) is 66.9 Å². The molecule has 0 saturated carbocycles. The molecule has 0 radical (unpaired) electrons. The lowest BCUT2D eigenvalue weighted by Gasteiger charge is -2.16. The minimum Gasteiger partial charge on any atom is -0.493 e. The van der Waals surface area contributed by atoms with E-state index >= 15 is 0 Å². The van der Waals surface area contributed by atoms with E-state index in [4.69, 9.17) is 4.74 Å². The maximum absolute atomic E-state index is 9.41. The molecule has 0 bridgehead atoms. The molecule has 1 N–H and O–H groups in total. The van der Waals surface area contributed by atoms with Crippen LogP contribution in [0, 0.1) is 18.8 Å². The van der Waals surface area contributed by atoms with Gasteiger partial charge in [-0.25, -0.2) is 0 Å². The zero-order valence-electron chi connectivity index (χ0n) is 15.6. The first-order valence-electron chi connectivity index (χ1n) is 8.97. The van der Waals surface area contributed by atoms with Gasteiger partial charge in [-0.05, 0) is 55.4 Å². The van der Waals surface area contributed by atoms with E-state index in [0.717, 1.165) is 41.4 Å². The van der Waals surface area contributed by atoms with Crippen LogP contribution < -0.4 is 4.74 Å². The van der Waals surface area contributed by atoms with Crippen LogP contribution in [-0.4, -0.2) is 11.7 Å². The molecule has 130 valence electrons. The number of rotatable bonds is 10. The minimum atomic E-state index is 0.0730. The molecule has 0 saturated heterocycles. The molecule has 0 aliphatic carbocycles. The second kappa shape index (κ2) is 10.5. The van der Waals surface area contributed by atoms with E-state index in [9.17, 15) is 5.11 Å². The first-order valence-corrected chi connectivity index (χ1v) is 8.97. The molecular formula is C21H34O2. The van der Waals surface area contributed by atoms with Gasteiger partial charge in [-0.3, -0.25) is 0 Å². The van der Waals surface area contributed by atoms with E-state index in [1.165, 1.54) is 19.3 Å². The summed E-state index contributed by atoms with van der Waals surface area (Å²) in [7, 11) is 0. The molecule has 2 nitrogen and oxygen atoms in total. The third-order valence-corrected chi connectivity index (χ3v) is 4.33. The monoisotopic (exact) mass is 318 g/mol. The van der Waals surface area contributed by atoms with Crippen LogP contribution in [0.25, 0.3) is 6.08 Å². The minimum absolute atomic E-state index is 0.0730. The second-order valence-corrected chi connectivity index (χ2v) is 7.04. The van der Waals surface area contributed by atoms with E-state index < -0.39 is 0 Å². The predicted molar refractivity (Wildman–Crippen MR) is 99.8 cm³/mol. The van der Waals surface area contributed by atoms with Crippen molar-refractivity contribution in [3.05, 3.63) is 34.9 Å². The number of allylic oxidation sites excluding steroid dienone is 1. The molecule has 1 rings (SSSR count). The van der Waals surface area contributed by atoms with Gasteiger partial charge in [-0.15, -0.1) is 0 Å². The molecule has 1 unspecified atom stereocenters. The molecule has 0 aromatic heterocycles. The Hall–Kier alpha value is -1.28. The smallest absolute Gasteiger partial charge is 0.126 e. The average molecular weight is 319 g/mol. The fourth-order valence-corrected chi connectivity index (χ4v) is 2.74. The molecule has 1 atom stereocenters. The first kappa shape index (κ1) is 19.8. The highest BCUT2D eigenvalue weighted by molar-refractivity contribution is 5.59. The summed E-state index contributed by atoms with van der Waals surface area (Å²) in [6, 6.07) is 4.07. The lowest BCUT2D eigenvalue weighted by atomic mass is 9.97. The summed E-state index contributed by atoms with van der Waals surface area (Å²) in [6.07, 6.45) is 9.05. The van der Waals surface area contributed by atoms with Crippen LogP contribution in [0.15, 0.2) is 18.2 Å². The molecule has 23 heavy (non-hydrogen) atoms. The largest absolute Gasteiger partial charge is 0.493 e. The number of aliphatic hydroxyl groups excluding tert-OH is 1. The zero-order chi connectivity index (χ0) is 17.2. The SMILES string of the molecule is C/C=C/c1cc(CO)c(C)cc1OCCC(C)CCCC(C)C. The highest BCUT2D eigenvalue weighted by Crippen LogP contribution is 2.26. The summed E-state index contributed by atoms with van der Waals surface area (Å²) in [6.45, 7) is 11.7. The lowest BCUT2D eigenvalue weighted by Crippen LogP contribution is -2.06. The third-order valence-electron chi connectivity index (χ3n) is 4.33. The lowest BCUT2D eigenvalue weighted by molar-refractivity contribution is 0.272. The van der Waals surface area contributed by atoms with Crippen LogP contribution in [0.2, 0.25) is 0 Å². The first-order chi connectivity index (χ1) is 11.0. The Morgan fingerprint density at radius 3 is 2.48 bits per heavy atom. The normalized spacial score (nSPS) is 13.0. The zero-order valence-corrected chi connectivity index (χ0v) is 15.6. The molecule has 0 fully saturated rings. The number of hydrogen-bond donors (Lipinski definition) is 1. The molecule has 0 spiro atoms. The Balaban J connectivity index is 2.55. The Bertz CT molecular complexity index is 489. The van der Waals surface area contributed by atoms with Crippen molar-refractivity contribution in [2.75, 3.05) is 6.61 Å². The van der Waals surface area contributed by atoms with E-state index in [-0.39, 0.29) is 6.61 Å². The molecule has 1 aromatic carbocycles. The quantitative estimate of drug-likeness (QED) is 0.595. The highest BCUT2D eigenvalue weighted by atomic mass is 16.5. The van der Waals surface area contributed by atoms with Crippen molar-refractivity contribution in [3.8, 4) is 5.75 Å². The van der Waals surface area contributed by atoms with Crippen LogP contribution in [-0.2, 0) is 6.61 Å². The second-order valence-electron chi connectivity index (χ2n) is 7.04. The Labute approximate surface area is 142 Å². The molecule has 0 amide bonds. The van der Waals surface area contributed by atoms with Gasteiger partial charge in [0.1, 0.15) is 5.75 Å². The predicted octanol–water partition coefficient (Wildman–Crippen LogP) is 5.75. The maximum Gasteiger partial charge on any atom is 0.126 e. The summed E-state index contributed by atoms with van der Waals surface area (Å²) in [5.41, 5.74) is 3.10. The fourth-order valence-electron chi connectivity index (χ4n) is 2.74. The van der Waals surface area contributed by atoms with Gasteiger partial charge in [0, 0.05) is 5.56 Å². The van der Waals surface area contributed by atoms with Crippen LogP contribution in [0.4, 0.5) is 0 Å². The van der Waals surface area contributed by atoms with Gasteiger partial charge < -0.3 is 9.84 Å². The Morgan fingerprint density at radius 2 is 1.87 bits per heavy atom. The molecular weight excluding hydrogens is 284 g/mol. The Kier molecular flexibility index (Phi) is 9.01. The summed E-state index contributed by atoms with van der Waals surface area (Å²) in [5, 5.41) is 9.41. The van der Waals surface area contributed by atoms with Gasteiger partial charge in [-0.2, -0.15) is 0 Å². The Morgan fingerprint density at radius 1 is 1.13 bits per heavy atom. The third kappa shape index (κ3) is 7.22. The summed E-state index contributed by atoms with van der Waals surface area (Å²) >= 11 is 0. The average Bonchev–Trinajstić information content (AvgIpc) is 2.49. The van der Waals surface area contributed by atoms with E-state index in [1.807, 2.05) is 38.1 Å². The van der Waals surface area contributed by atoms with Crippen LogP contribution in [0.5, 0.6) is 5.75 Å². The van der Waals surface area contributed by atoms with Crippen LogP contribution in [0.3, 0.4) is 0 Å². The van der Waals surface area contributed by atoms with Crippen molar-refractivity contribution in [1.82, 2.24) is 0 Å². The molecule has 0 aliphatic rings. The van der Waals surface area contributed by atoms with Gasteiger partial charge >= 0.3 is 0 Å². The van der Waals surface area contributed by atoms with Crippen molar-refractivity contribution < 1.29 is 9.84 Å². The molecule has 0 aliphatic heterocycles. The summed E-state index contributed by atoms with van der Waals surface area (Å²) < 4.78 is 6.04. The topological polar surface area (TPSA) is 29.5 Å². The number of hydrogen-bond acceptors (Lipinski definition) is 2. The van der Waals surface area contributed by atoms with E-state index in [0.29, 0.717) is 5.92 Å². The summed E-state index contributed by atoms with van der Waals surface area (Å²) in [4.78, 5) is 0. The molecule has 2 heteroatoms. The molecule has 0 heterocycles. The highest BCUT2D eigenvalue weighted by Gasteiger charge is 2.08. The number of ether oxygens (including phenoxy) is 1. The summed E-state index contributed by atoms with van der Waals surface area (Å²) in [5.74, 6) is 2.43. The van der Waals surface area contributed by atoms with Crippen LogP contribution in [0.1, 0.15) is 70.1 Å². The van der Waals surface area contributed by atoms with Crippen molar-refractivity contribution >= 4 is 6.08 Å². The van der Waals surface area contributed by atoms with Gasteiger partial charge in [0.15, 0.2) is 0 Å². The number of aliphatic hydroxyl groups is 1. The number of benzene rings is 1. The van der Waals surface area contributed by atoms with Gasteiger partial charge in [0.2, 0.25) is 0 Å². The van der Waals surface area contributed by atoms with Crippen molar-refractivity contribution in [2.24, 2.45) is 11.8 Å². The van der Waals surface area contributed by atoms with E-state index in [1.54, 1.807) is 0 Å².